The number of hydrazone groups is 1. The van der Waals surface area contributed by atoms with Crippen LogP contribution in [0.3, 0.4) is 0 Å². The Bertz CT molecular complexity index is 664. The van der Waals surface area contributed by atoms with Gasteiger partial charge in [-0.2, -0.15) is 5.10 Å². The van der Waals surface area contributed by atoms with Gasteiger partial charge in [-0.05, 0) is 18.1 Å². The molecule has 0 aliphatic rings. The lowest BCUT2D eigenvalue weighted by Crippen LogP contribution is -2.37. The fourth-order valence-electron chi connectivity index (χ4n) is 1.73. The summed E-state index contributed by atoms with van der Waals surface area (Å²) in [6, 6.07) is 17.0. The third kappa shape index (κ3) is 4.86. The van der Waals surface area contributed by atoms with Crippen LogP contribution in [-0.4, -0.2) is 18.0 Å². The van der Waals surface area contributed by atoms with E-state index >= 15 is 0 Å². The number of hydrogen-bond donors (Lipinski definition) is 2. The second-order valence-corrected chi connectivity index (χ2v) is 4.78. The molecular weight excluding hydrogens is 278 g/mol. The van der Waals surface area contributed by atoms with Gasteiger partial charge in [-0.15, -0.1) is 0 Å². The lowest BCUT2D eigenvalue weighted by Gasteiger charge is -2.03. The molecule has 5 nitrogen and oxygen atoms in total. The Hall–Kier alpha value is -2.95. The van der Waals surface area contributed by atoms with Crippen LogP contribution < -0.4 is 10.7 Å². The molecule has 0 fully saturated rings. The average Bonchev–Trinajstić information content (AvgIpc) is 2.55. The molecule has 5 heteroatoms. The maximum atomic E-state index is 11.6. The van der Waals surface area contributed by atoms with Crippen LogP contribution >= 0.6 is 0 Å². The molecule has 22 heavy (non-hydrogen) atoms. The molecule has 0 heterocycles. The number of aryl methyl sites for hydroxylation is 1. The Morgan fingerprint density at radius 3 is 2.36 bits per heavy atom. The molecule has 0 aliphatic carbocycles. The van der Waals surface area contributed by atoms with Gasteiger partial charge < -0.3 is 5.32 Å². The summed E-state index contributed by atoms with van der Waals surface area (Å²) in [5.74, 6) is -1.51. The van der Waals surface area contributed by atoms with Gasteiger partial charge in [0.2, 0.25) is 0 Å². The van der Waals surface area contributed by atoms with Gasteiger partial charge in [0.15, 0.2) is 0 Å². The topological polar surface area (TPSA) is 70.6 Å². The Labute approximate surface area is 129 Å². The van der Waals surface area contributed by atoms with E-state index in [1.54, 1.807) is 0 Å². The third-order valence-corrected chi connectivity index (χ3v) is 2.96. The van der Waals surface area contributed by atoms with Crippen LogP contribution in [0.15, 0.2) is 59.7 Å². The van der Waals surface area contributed by atoms with Crippen LogP contribution in [0, 0.1) is 6.92 Å². The molecule has 0 aromatic heterocycles. The molecule has 112 valence electrons. The zero-order valence-corrected chi connectivity index (χ0v) is 12.2. The molecule has 0 atom stereocenters. The summed E-state index contributed by atoms with van der Waals surface area (Å²) >= 11 is 0. The van der Waals surface area contributed by atoms with Gasteiger partial charge in [0.1, 0.15) is 0 Å². The Kier molecular flexibility index (Phi) is 5.43. The van der Waals surface area contributed by atoms with Crippen molar-refractivity contribution in [2.75, 3.05) is 0 Å². The Morgan fingerprint density at radius 1 is 1.00 bits per heavy atom. The highest BCUT2D eigenvalue weighted by atomic mass is 16.2. The maximum absolute atomic E-state index is 11.6. The first-order chi connectivity index (χ1) is 10.6. The van der Waals surface area contributed by atoms with Crippen molar-refractivity contribution < 1.29 is 9.59 Å². The number of rotatable bonds is 4. The van der Waals surface area contributed by atoms with Gasteiger partial charge in [0, 0.05) is 6.54 Å². The number of benzene rings is 2. The lowest BCUT2D eigenvalue weighted by atomic mass is 10.2. The van der Waals surface area contributed by atoms with Crippen molar-refractivity contribution in [3.8, 4) is 0 Å². The molecule has 0 unspecified atom stereocenters. The molecule has 2 rings (SSSR count). The molecule has 0 aliphatic heterocycles. The molecule has 2 amide bonds. The van der Waals surface area contributed by atoms with E-state index in [4.69, 9.17) is 0 Å². The lowest BCUT2D eigenvalue weighted by molar-refractivity contribution is -0.139. The summed E-state index contributed by atoms with van der Waals surface area (Å²) in [6.07, 6.45) is 1.49. The largest absolute Gasteiger partial charge is 0.344 e. The van der Waals surface area contributed by atoms with E-state index in [0.29, 0.717) is 6.54 Å². The van der Waals surface area contributed by atoms with Crippen molar-refractivity contribution in [2.24, 2.45) is 5.10 Å². The predicted octanol–water partition coefficient (Wildman–Crippen LogP) is 1.76. The minimum atomic E-state index is -0.792. The molecule has 0 radical (unpaired) electrons. The molecular formula is C17H17N3O2. The fourth-order valence-corrected chi connectivity index (χ4v) is 1.73. The predicted molar refractivity (Wildman–Crippen MR) is 85.2 cm³/mol. The minimum Gasteiger partial charge on any atom is -0.344 e. The van der Waals surface area contributed by atoms with E-state index in [9.17, 15) is 9.59 Å². The second kappa shape index (κ2) is 7.73. The number of carbonyl (C=O) groups excluding carboxylic acids is 2. The van der Waals surface area contributed by atoms with Gasteiger partial charge in [-0.3, -0.25) is 9.59 Å². The van der Waals surface area contributed by atoms with Crippen LogP contribution in [-0.2, 0) is 16.1 Å². The first-order valence-corrected chi connectivity index (χ1v) is 6.87. The highest BCUT2D eigenvalue weighted by Gasteiger charge is 2.11. The smallest absolute Gasteiger partial charge is 0.329 e. The van der Waals surface area contributed by atoms with Crippen LogP contribution in [0.1, 0.15) is 16.7 Å². The Morgan fingerprint density at radius 2 is 1.68 bits per heavy atom. The van der Waals surface area contributed by atoms with Crippen LogP contribution in [0.4, 0.5) is 0 Å². The monoisotopic (exact) mass is 295 g/mol. The number of carbonyl (C=O) groups is 2. The van der Waals surface area contributed by atoms with Crippen molar-refractivity contribution in [3.05, 3.63) is 71.3 Å². The van der Waals surface area contributed by atoms with Crippen molar-refractivity contribution >= 4 is 18.0 Å². The highest BCUT2D eigenvalue weighted by molar-refractivity contribution is 6.35. The zero-order chi connectivity index (χ0) is 15.8. The number of amides is 2. The number of nitrogens with zero attached hydrogens (tertiary/aromatic N) is 1. The number of hydrogen-bond acceptors (Lipinski definition) is 3. The molecule has 2 N–H and O–H groups in total. The van der Waals surface area contributed by atoms with Gasteiger partial charge in [-0.25, -0.2) is 5.43 Å². The first-order valence-electron chi connectivity index (χ1n) is 6.87. The first kappa shape index (κ1) is 15.4. The molecule has 0 saturated heterocycles. The summed E-state index contributed by atoms with van der Waals surface area (Å²) in [7, 11) is 0. The van der Waals surface area contributed by atoms with E-state index in [1.165, 1.54) is 6.21 Å². The Balaban J connectivity index is 1.79. The minimum absolute atomic E-state index is 0.300. The van der Waals surface area contributed by atoms with E-state index in [1.807, 2.05) is 61.5 Å². The van der Waals surface area contributed by atoms with Crippen molar-refractivity contribution in [1.29, 1.82) is 0 Å². The quantitative estimate of drug-likeness (QED) is 0.512. The van der Waals surface area contributed by atoms with E-state index < -0.39 is 11.8 Å². The summed E-state index contributed by atoms with van der Waals surface area (Å²) < 4.78 is 0. The maximum Gasteiger partial charge on any atom is 0.329 e. The average molecular weight is 295 g/mol. The van der Waals surface area contributed by atoms with E-state index in [-0.39, 0.29) is 0 Å². The highest BCUT2D eigenvalue weighted by Crippen LogP contribution is 2.00. The molecule has 0 spiro atoms. The molecule has 0 saturated carbocycles. The van der Waals surface area contributed by atoms with Crippen LogP contribution in [0.5, 0.6) is 0 Å². The van der Waals surface area contributed by atoms with Gasteiger partial charge in [-0.1, -0.05) is 60.2 Å². The van der Waals surface area contributed by atoms with E-state index in [2.05, 4.69) is 15.8 Å². The zero-order valence-electron chi connectivity index (χ0n) is 12.2. The summed E-state index contributed by atoms with van der Waals surface area (Å²) in [5.41, 5.74) is 5.11. The van der Waals surface area contributed by atoms with E-state index in [0.717, 1.165) is 16.7 Å². The number of nitrogens with one attached hydrogen (secondary N) is 2. The van der Waals surface area contributed by atoms with Crippen molar-refractivity contribution in [2.45, 2.75) is 13.5 Å². The standard InChI is InChI=1S/C17H17N3O2/c1-13-7-9-15(10-8-13)12-19-20-17(22)16(21)18-11-14-5-3-2-4-6-14/h2-10,12H,11H2,1H3,(H,18,21)(H,20,22)/b19-12+. The van der Waals surface area contributed by atoms with Crippen LogP contribution in [0.2, 0.25) is 0 Å². The van der Waals surface area contributed by atoms with Crippen molar-refractivity contribution in [1.82, 2.24) is 10.7 Å². The molecule has 2 aromatic carbocycles. The third-order valence-electron chi connectivity index (χ3n) is 2.96. The SMILES string of the molecule is Cc1ccc(/C=N/NC(=O)C(=O)NCc2ccccc2)cc1. The van der Waals surface area contributed by atoms with Gasteiger partial charge in [0.25, 0.3) is 0 Å². The van der Waals surface area contributed by atoms with Gasteiger partial charge in [0.05, 0.1) is 6.21 Å². The molecule has 0 bridgehead atoms. The van der Waals surface area contributed by atoms with Crippen molar-refractivity contribution in [3.63, 3.8) is 0 Å². The summed E-state index contributed by atoms with van der Waals surface area (Å²) in [5, 5.41) is 6.29. The molecule has 2 aromatic rings. The van der Waals surface area contributed by atoms with Crippen LogP contribution in [0.25, 0.3) is 0 Å². The normalized spacial score (nSPS) is 10.4. The van der Waals surface area contributed by atoms with Gasteiger partial charge >= 0.3 is 11.8 Å². The second-order valence-electron chi connectivity index (χ2n) is 4.78. The summed E-state index contributed by atoms with van der Waals surface area (Å²) in [4.78, 5) is 23.2. The summed E-state index contributed by atoms with van der Waals surface area (Å²) in [6.45, 7) is 2.29. The fraction of sp³-hybridized carbons (Fsp3) is 0.118.